The molecule has 1 unspecified atom stereocenters. The Labute approximate surface area is 156 Å². The molecule has 0 aliphatic carbocycles. The molecule has 2 aliphatic rings. The third-order valence-corrected chi connectivity index (χ3v) is 5.12. The van der Waals surface area contributed by atoms with E-state index < -0.39 is 17.7 Å². The average molecular weight is 377 g/mol. The van der Waals surface area contributed by atoms with Gasteiger partial charge in [0.05, 0.1) is 32.5 Å². The number of hydrogen-bond donors (Lipinski definition) is 1. The van der Waals surface area contributed by atoms with Gasteiger partial charge < -0.3 is 24.1 Å². The number of hydrogen-bond acceptors (Lipinski definition) is 5. The molecule has 2 heterocycles. The summed E-state index contributed by atoms with van der Waals surface area (Å²) in [6, 6.07) is 0. The van der Waals surface area contributed by atoms with Crippen LogP contribution < -0.4 is 0 Å². The van der Waals surface area contributed by atoms with Gasteiger partial charge >= 0.3 is 0 Å². The first-order valence-corrected chi connectivity index (χ1v) is 9.56. The van der Waals surface area contributed by atoms with Gasteiger partial charge in [0.2, 0.25) is 11.6 Å². The van der Waals surface area contributed by atoms with Gasteiger partial charge in [0.25, 0.3) is 0 Å². The molecular weight excluding hydrogens is 344 g/mol. The van der Waals surface area contributed by atoms with E-state index in [2.05, 4.69) is 34.3 Å². The third-order valence-electron chi connectivity index (χ3n) is 4.77. The molecule has 5 nitrogen and oxygen atoms in total. The van der Waals surface area contributed by atoms with Crippen LogP contribution in [0.1, 0.15) is 47.0 Å². The molecule has 0 aromatic heterocycles. The van der Waals surface area contributed by atoms with Gasteiger partial charge in [0.1, 0.15) is 0 Å². The van der Waals surface area contributed by atoms with Crippen LogP contribution in [0.4, 0.5) is 0 Å². The zero-order valence-corrected chi connectivity index (χ0v) is 16.7. The fourth-order valence-corrected chi connectivity index (χ4v) is 3.21. The lowest BCUT2D eigenvalue weighted by atomic mass is 9.88. The van der Waals surface area contributed by atoms with Crippen LogP contribution in [0.2, 0.25) is 0 Å². The predicted octanol–water partition coefficient (Wildman–Crippen LogP) is 3.48. The van der Waals surface area contributed by atoms with Crippen molar-refractivity contribution in [2.45, 2.75) is 64.6 Å². The molecule has 0 spiro atoms. The van der Waals surface area contributed by atoms with Gasteiger partial charge in [0.15, 0.2) is 0 Å². The zero-order chi connectivity index (χ0) is 18.8. The van der Waals surface area contributed by atoms with E-state index >= 15 is 0 Å². The van der Waals surface area contributed by atoms with Crippen LogP contribution in [-0.4, -0.2) is 55.1 Å². The Morgan fingerprint density at radius 2 is 1.48 bits per heavy atom. The second-order valence-electron chi connectivity index (χ2n) is 8.81. The fraction of sp³-hybridized carbons (Fsp3) is 0.895. The minimum absolute atomic E-state index is 0.0730. The Balaban J connectivity index is 2.19. The SMILES string of the molecule is C=CC1(C2(CCCC(O)CCl)OCC(C)(C)CO2)OCC(C)(C)CO1. The summed E-state index contributed by atoms with van der Waals surface area (Å²) in [5.41, 5.74) is -0.147. The number of aliphatic hydroxyl groups is 1. The van der Waals surface area contributed by atoms with Gasteiger partial charge in [-0.05, 0) is 18.9 Å². The molecule has 146 valence electrons. The van der Waals surface area contributed by atoms with Crippen molar-refractivity contribution in [3.63, 3.8) is 0 Å². The minimum atomic E-state index is -1.15. The molecule has 0 amide bonds. The van der Waals surface area contributed by atoms with Crippen molar-refractivity contribution in [1.29, 1.82) is 0 Å². The molecule has 25 heavy (non-hydrogen) atoms. The quantitative estimate of drug-likeness (QED) is 0.544. The van der Waals surface area contributed by atoms with Gasteiger partial charge in [0, 0.05) is 23.1 Å². The van der Waals surface area contributed by atoms with E-state index in [1.165, 1.54) is 0 Å². The molecule has 0 saturated carbocycles. The molecular formula is C19H33ClO5. The number of aliphatic hydroxyl groups excluding tert-OH is 1. The molecule has 1 N–H and O–H groups in total. The standard InChI is InChI=1S/C19H33ClO5/c1-6-18(22-11-16(2,3)12-23-18)19(9-7-8-15(21)10-20)24-13-17(4,5)14-25-19/h6,15,21H,1,7-14H2,2-5H3. The molecule has 6 heteroatoms. The third kappa shape index (κ3) is 4.76. The molecule has 0 aromatic carbocycles. The molecule has 0 radical (unpaired) electrons. The van der Waals surface area contributed by atoms with Gasteiger partial charge in [-0.3, -0.25) is 0 Å². The summed E-state index contributed by atoms with van der Waals surface area (Å²) in [7, 11) is 0. The van der Waals surface area contributed by atoms with Crippen molar-refractivity contribution >= 4 is 11.6 Å². The molecule has 0 aromatic rings. The summed E-state index contributed by atoms with van der Waals surface area (Å²) < 4.78 is 24.8. The van der Waals surface area contributed by atoms with E-state index in [1.807, 2.05) is 0 Å². The van der Waals surface area contributed by atoms with E-state index in [9.17, 15) is 5.11 Å². The van der Waals surface area contributed by atoms with Crippen molar-refractivity contribution in [3.05, 3.63) is 12.7 Å². The van der Waals surface area contributed by atoms with Crippen molar-refractivity contribution in [3.8, 4) is 0 Å². The Kier molecular flexibility index (Phi) is 6.62. The zero-order valence-electron chi connectivity index (χ0n) is 16.0. The number of rotatable bonds is 7. The highest BCUT2D eigenvalue weighted by Gasteiger charge is 2.59. The molecule has 0 bridgehead atoms. The Morgan fingerprint density at radius 3 is 1.92 bits per heavy atom. The normalized spacial score (nSPS) is 28.2. The molecule has 2 saturated heterocycles. The van der Waals surface area contributed by atoms with Crippen LogP contribution in [0.15, 0.2) is 12.7 Å². The van der Waals surface area contributed by atoms with Gasteiger partial charge in [-0.25, -0.2) is 0 Å². The summed E-state index contributed by atoms with van der Waals surface area (Å²) in [6.45, 7) is 14.5. The van der Waals surface area contributed by atoms with E-state index in [-0.39, 0.29) is 16.7 Å². The smallest absolute Gasteiger partial charge is 0.243 e. The average Bonchev–Trinajstić information content (AvgIpc) is 2.57. The maximum Gasteiger partial charge on any atom is 0.243 e. The monoisotopic (exact) mass is 376 g/mol. The summed E-state index contributed by atoms with van der Waals surface area (Å²) in [4.78, 5) is 0. The Hall–Kier alpha value is -0.170. The highest BCUT2D eigenvalue weighted by molar-refractivity contribution is 6.18. The number of halogens is 1. The molecule has 2 rings (SSSR count). The first-order chi connectivity index (χ1) is 11.6. The van der Waals surface area contributed by atoms with Crippen molar-refractivity contribution in [2.75, 3.05) is 32.3 Å². The highest BCUT2D eigenvalue weighted by Crippen LogP contribution is 2.46. The first kappa shape index (κ1) is 21.1. The van der Waals surface area contributed by atoms with Crippen LogP contribution in [0.3, 0.4) is 0 Å². The van der Waals surface area contributed by atoms with Crippen molar-refractivity contribution in [2.24, 2.45) is 10.8 Å². The fourth-order valence-electron chi connectivity index (χ4n) is 3.06. The van der Waals surface area contributed by atoms with Crippen molar-refractivity contribution in [1.82, 2.24) is 0 Å². The topological polar surface area (TPSA) is 57.2 Å². The van der Waals surface area contributed by atoms with Crippen LogP contribution in [-0.2, 0) is 18.9 Å². The predicted molar refractivity (Wildman–Crippen MR) is 97.6 cm³/mol. The van der Waals surface area contributed by atoms with E-state index in [1.54, 1.807) is 6.08 Å². The van der Waals surface area contributed by atoms with Crippen LogP contribution in [0, 0.1) is 10.8 Å². The van der Waals surface area contributed by atoms with Crippen molar-refractivity contribution < 1.29 is 24.1 Å². The van der Waals surface area contributed by atoms with E-state index in [0.717, 1.165) is 0 Å². The van der Waals surface area contributed by atoms with Gasteiger partial charge in [-0.1, -0.05) is 34.3 Å². The second-order valence-corrected chi connectivity index (χ2v) is 9.12. The minimum Gasteiger partial charge on any atom is -0.392 e. The van der Waals surface area contributed by atoms with E-state index in [4.69, 9.17) is 30.5 Å². The maximum atomic E-state index is 9.76. The van der Waals surface area contributed by atoms with Gasteiger partial charge in [-0.2, -0.15) is 0 Å². The van der Waals surface area contributed by atoms with Gasteiger partial charge in [-0.15, -0.1) is 11.6 Å². The lowest BCUT2D eigenvalue weighted by molar-refractivity contribution is -0.438. The summed E-state index contributed by atoms with van der Waals surface area (Å²) in [6.07, 6.45) is 2.90. The summed E-state index contributed by atoms with van der Waals surface area (Å²) in [5, 5.41) is 9.76. The number of alkyl halides is 1. The largest absolute Gasteiger partial charge is 0.392 e. The van der Waals surface area contributed by atoms with Crippen LogP contribution in [0.25, 0.3) is 0 Å². The maximum absolute atomic E-state index is 9.76. The summed E-state index contributed by atoms with van der Waals surface area (Å²) >= 11 is 5.70. The van der Waals surface area contributed by atoms with Crippen LogP contribution in [0.5, 0.6) is 0 Å². The molecule has 2 aliphatic heterocycles. The Bertz CT molecular complexity index is 443. The molecule has 2 fully saturated rings. The lowest BCUT2D eigenvalue weighted by Crippen LogP contribution is -2.66. The van der Waals surface area contributed by atoms with Crippen LogP contribution >= 0.6 is 11.6 Å². The first-order valence-electron chi connectivity index (χ1n) is 9.03. The lowest BCUT2D eigenvalue weighted by Gasteiger charge is -2.54. The Morgan fingerprint density at radius 1 is 1.00 bits per heavy atom. The summed E-state index contributed by atoms with van der Waals surface area (Å²) in [5.74, 6) is -1.99. The number of ether oxygens (including phenoxy) is 4. The second kappa shape index (κ2) is 7.83. The van der Waals surface area contributed by atoms with E-state index in [0.29, 0.717) is 45.7 Å². The highest BCUT2D eigenvalue weighted by atomic mass is 35.5. The molecule has 1 atom stereocenters.